The summed E-state index contributed by atoms with van der Waals surface area (Å²) in [5.74, 6) is 1.47. The van der Waals surface area contributed by atoms with Gasteiger partial charge in [-0.25, -0.2) is 4.68 Å². The van der Waals surface area contributed by atoms with Gasteiger partial charge in [0.15, 0.2) is 5.82 Å². The van der Waals surface area contributed by atoms with Gasteiger partial charge in [-0.3, -0.25) is 0 Å². The average molecular weight is 288 g/mol. The van der Waals surface area contributed by atoms with Crippen LogP contribution in [-0.2, 0) is 13.0 Å². The first-order valence-corrected chi connectivity index (χ1v) is 7.49. The fourth-order valence-electron chi connectivity index (χ4n) is 2.23. The molecule has 5 heteroatoms. The summed E-state index contributed by atoms with van der Waals surface area (Å²) in [5.41, 5.74) is 9.39. The van der Waals surface area contributed by atoms with Gasteiger partial charge in [-0.2, -0.15) is 0 Å². The number of nitrogens with two attached hydrogens (primary N) is 1. The molecule has 0 spiro atoms. The maximum atomic E-state index is 5.83. The minimum atomic E-state index is 0.548. The van der Waals surface area contributed by atoms with Crippen LogP contribution in [0.4, 0.5) is 5.82 Å². The number of aromatic nitrogens is 3. The largest absolute Gasteiger partial charge is 0.494 e. The van der Waals surface area contributed by atoms with Crippen LogP contribution >= 0.6 is 0 Å². The van der Waals surface area contributed by atoms with Gasteiger partial charge >= 0.3 is 0 Å². The van der Waals surface area contributed by atoms with Gasteiger partial charge in [0, 0.05) is 13.0 Å². The number of rotatable bonds is 7. The van der Waals surface area contributed by atoms with Gasteiger partial charge in [0.2, 0.25) is 0 Å². The molecule has 1 heterocycles. The molecule has 0 unspecified atom stereocenters. The van der Waals surface area contributed by atoms with E-state index in [-0.39, 0.29) is 0 Å². The highest BCUT2D eigenvalue weighted by atomic mass is 16.5. The Hall–Kier alpha value is -2.04. The first-order valence-electron chi connectivity index (χ1n) is 7.49. The molecule has 0 aliphatic carbocycles. The molecule has 1 aromatic heterocycles. The first kappa shape index (κ1) is 15.4. The van der Waals surface area contributed by atoms with Gasteiger partial charge in [-0.15, -0.1) is 5.10 Å². The van der Waals surface area contributed by atoms with Crippen molar-refractivity contribution in [3.05, 3.63) is 35.0 Å². The van der Waals surface area contributed by atoms with Gasteiger partial charge in [0.05, 0.1) is 12.3 Å². The number of hydrogen-bond acceptors (Lipinski definition) is 4. The van der Waals surface area contributed by atoms with Gasteiger partial charge in [0.1, 0.15) is 5.75 Å². The normalized spacial score (nSPS) is 10.8. The molecule has 0 aliphatic rings. The van der Waals surface area contributed by atoms with Crippen molar-refractivity contribution in [3.8, 4) is 5.75 Å². The Balaban J connectivity index is 1.83. The molecule has 0 saturated heterocycles. The van der Waals surface area contributed by atoms with E-state index in [1.54, 1.807) is 0 Å². The van der Waals surface area contributed by atoms with Crippen LogP contribution < -0.4 is 10.5 Å². The van der Waals surface area contributed by atoms with Gasteiger partial charge in [-0.05, 0) is 43.5 Å². The van der Waals surface area contributed by atoms with Crippen LogP contribution in [0.5, 0.6) is 5.75 Å². The summed E-state index contributed by atoms with van der Waals surface area (Å²) in [5, 5.41) is 8.03. The lowest BCUT2D eigenvalue weighted by Gasteiger charge is -2.09. The zero-order chi connectivity index (χ0) is 15.2. The Kier molecular flexibility index (Phi) is 5.20. The van der Waals surface area contributed by atoms with Gasteiger partial charge < -0.3 is 10.5 Å². The third-order valence-corrected chi connectivity index (χ3v) is 3.62. The lowest BCUT2D eigenvalue weighted by molar-refractivity contribution is 0.296. The van der Waals surface area contributed by atoms with Crippen LogP contribution in [0.3, 0.4) is 0 Å². The average Bonchev–Trinajstić information content (AvgIpc) is 2.81. The minimum Gasteiger partial charge on any atom is -0.494 e. The zero-order valence-electron chi connectivity index (χ0n) is 13.1. The number of nitrogen functional groups attached to an aromatic ring is 1. The van der Waals surface area contributed by atoms with Gasteiger partial charge in [-0.1, -0.05) is 24.6 Å². The summed E-state index contributed by atoms with van der Waals surface area (Å²) in [7, 11) is 0. The van der Waals surface area contributed by atoms with Crippen molar-refractivity contribution in [3.63, 3.8) is 0 Å². The molecule has 2 rings (SSSR count). The predicted molar refractivity (Wildman–Crippen MR) is 84.5 cm³/mol. The zero-order valence-corrected chi connectivity index (χ0v) is 13.1. The number of anilines is 1. The molecule has 1 aromatic carbocycles. The highest BCUT2D eigenvalue weighted by molar-refractivity contribution is 5.34. The molecule has 2 aromatic rings. The first-order chi connectivity index (χ1) is 10.1. The maximum Gasteiger partial charge on any atom is 0.169 e. The summed E-state index contributed by atoms with van der Waals surface area (Å²) in [6.45, 7) is 7.76. The van der Waals surface area contributed by atoms with Crippen molar-refractivity contribution in [2.24, 2.45) is 0 Å². The monoisotopic (exact) mass is 288 g/mol. The van der Waals surface area contributed by atoms with Crippen molar-refractivity contribution in [1.82, 2.24) is 15.0 Å². The fraction of sp³-hybridized carbons (Fsp3) is 0.500. The van der Waals surface area contributed by atoms with E-state index in [9.17, 15) is 0 Å². The molecule has 0 bridgehead atoms. The minimum absolute atomic E-state index is 0.548. The molecular weight excluding hydrogens is 264 g/mol. The van der Waals surface area contributed by atoms with Crippen molar-refractivity contribution < 1.29 is 4.74 Å². The number of aryl methyl sites for hydroxylation is 3. The SMILES string of the molecule is CCCc1c(N)nnn1CCCOc1ccc(C)c(C)c1. The van der Waals surface area contributed by atoms with Crippen LogP contribution in [-0.4, -0.2) is 21.6 Å². The smallest absolute Gasteiger partial charge is 0.169 e. The van der Waals surface area contributed by atoms with Crippen LogP contribution in [0.1, 0.15) is 36.6 Å². The Morgan fingerprint density at radius 1 is 1.24 bits per heavy atom. The third-order valence-electron chi connectivity index (χ3n) is 3.62. The van der Waals surface area contributed by atoms with Crippen molar-refractivity contribution >= 4 is 5.82 Å². The van der Waals surface area contributed by atoms with Crippen molar-refractivity contribution in [1.29, 1.82) is 0 Å². The predicted octanol–water partition coefficient (Wildman–Crippen LogP) is 2.90. The van der Waals surface area contributed by atoms with E-state index >= 15 is 0 Å². The molecule has 0 saturated carbocycles. The summed E-state index contributed by atoms with van der Waals surface area (Å²) in [4.78, 5) is 0. The van der Waals surface area contributed by atoms with E-state index in [4.69, 9.17) is 10.5 Å². The second-order valence-corrected chi connectivity index (χ2v) is 5.34. The molecule has 21 heavy (non-hydrogen) atoms. The van der Waals surface area contributed by atoms with Crippen LogP contribution in [0, 0.1) is 13.8 Å². The van der Waals surface area contributed by atoms with Crippen LogP contribution in [0.15, 0.2) is 18.2 Å². The van der Waals surface area contributed by atoms with E-state index in [1.807, 2.05) is 10.7 Å². The number of nitrogens with zero attached hydrogens (tertiary/aromatic N) is 3. The van der Waals surface area contributed by atoms with Crippen LogP contribution in [0.2, 0.25) is 0 Å². The van der Waals surface area contributed by atoms with E-state index in [0.717, 1.165) is 37.3 Å². The molecule has 0 fully saturated rings. The Labute approximate surface area is 126 Å². The summed E-state index contributed by atoms with van der Waals surface area (Å²) in [6.07, 6.45) is 2.83. The number of hydrogen-bond donors (Lipinski definition) is 1. The number of benzene rings is 1. The molecule has 0 radical (unpaired) electrons. The highest BCUT2D eigenvalue weighted by Gasteiger charge is 2.08. The molecule has 114 valence electrons. The van der Waals surface area contributed by atoms with E-state index in [0.29, 0.717) is 12.4 Å². The molecular formula is C16H24N4O. The summed E-state index contributed by atoms with van der Waals surface area (Å²) >= 11 is 0. The second kappa shape index (κ2) is 7.11. The van der Waals surface area contributed by atoms with Crippen molar-refractivity contribution in [2.75, 3.05) is 12.3 Å². The molecule has 0 aliphatic heterocycles. The van der Waals surface area contributed by atoms with Crippen molar-refractivity contribution in [2.45, 2.75) is 46.6 Å². The maximum absolute atomic E-state index is 5.83. The van der Waals surface area contributed by atoms with Crippen LogP contribution in [0.25, 0.3) is 0 Å². The van der Waals surface area contributed by atoms with E-state index in [2.05, 4.69) is 43.2 Å². The lowest BCUT2D eigenvalue weighted by Crippen LogP contribution is -2.09. The summed E-state index contributed by atoms with van der Waals surface area (Å²) in [6, 6.07) is 6.17. The third kappa shape index (κ3) is 3.97. The molecule has 0 amide bonds. The quantitative estimate of drug-likeness (QED) is 0.796. The standard InChI is InChI=1S/C16H24N4O/c1-4-6-15-16(17)18-19-20(15)9-5-10-21-14-8-7-12(2)13(3)11-14/h7-8,11H,4-6,9-10,17H2,1-3H3. The molecule has 5 nitrogen and oxygen atoms in total. The number of ether oxygens (including phenoxy) is 1. The second-order valence-electron chi connectivity index (χ2n) is 5.34. The molecule has 0 atom stereocenters. The summed E-state index contributed by atoms with van der Waals surface area (Å²) < 4.78 is 7.67. The Morgan fingerprint density at radius 2 is 2.05 bits per heavy atom. The van der Waals surface area contributed by atoms with E-state index in [1.165, 1.54) is 11.1 Å². The topological polar surface area (TPSA) is 66.0 Å². The highest BCUT2D eigenvalue weighted by Crippen LogP contribution is 2.17. The Morgan fingerprint density at radius 3 is 2.76 bits per heavy atom. The Bertz CT molecular complexity index is 592. The van der Waals surface area contributed by atoms with E-state index < -0.39 is 0 Å². The van der Waals surface area contributed by atoms with Gasteiger partial charge in [0.25, 0.3) is 0 Å². The molecule has 2 N–H and O–H groups in total. The lowest BCUT2D eigenvalue weighted by atomic mass is 10.1. The fourth-order valence-corrected chi connectivity index (χ4v) is 2.23.